The summed E-state index contributed by atoms with van der Waals surface area (Å²) in [4.78, 5) is 1.02. The summed E-state index contributed by atoms with van der Waals surface area (Å²) in [6.07, 6.45) is 0. The van der Waals surface area contributed by atoms with E-state index in [0.717, 1.165) is 9.35 Å². The fourth-order valence-corrected chi connectivity index (χ4v) is 3.93. The van der Waals surface area contributed by atoms with E-state index in [4.69, 9.17) is 21.5 Å². The summed E-state index contributed by atoms with van der Waals surface area (Å²) in [5.74, 6) is 0.532. The number of nitrogens with one attached hydrogen (secondary N) is 1. The van der Waals surface area contributed by atoms with Crippen LogP contribution in [-0.2, 0) is 16.6 Å². The lowest BCUT2D eigenvalue weighted by Gasteiger charge is -2.11. The van der Waals surface area contributed by atoms with E-state index >= 15 is 0 Å². The van der Waals surface area contributed by atoms with Crippen molar-refractivity contribution in [3.8, 4) is 5.75 Å². The summed E-state index contributed by atoms with van der Waals surface area (Å²) in [6, 6.07) is 6.30. The number of methoxy groups -OCH3 is 1. The Labute approximate surface area is 140 Å². The van der Waals surface area contributed by atoms with Crippen LogP contribution in [0, 0.1) is 0 Å². The quantitative estimate of drug-likeness (QED) is 0.790. The van der Waals surface area contributed by atoms with Crippen molar-refractivity contribution in [2.24, 2.45) is 5.14 Å². The monoisotopic (exact) mass is 410 g/mol. The van der Waals surface area contributed by atoms with E-state index in [1.165, 1.54) is 30.6 Å². The minimum Gasteiger partial charge on any atom is -0.495 e. The minimum absolute atomic E-state index is 0.0243. The van der Waals surface area contributed by atoms with Crippen LogP contribution < -0.4 is 15.2 Å². The van der Waals surface area contributed by atoms with E-state index in [1.54, 1.807) is 6.07 Å². The molecule has 0 saturated heterocycles. The van der Waals surface area contributed by atoms with Crippen molar-refractivity contribution in [3.05, 3.63) is 38.0 Å². The maximum Gasteiger partial charge on any atom is 0.238 e. The lowest BCUT2D eigenvalue weighted by molar-refractivity contribution is 0.416. The Hall–Kier alpha value is -0.800. The molecule has 0 fully saturated rings. The van der Waals surface area contributed by atoms with Gasteiger partial charge in [0.15, 0.2) is 0 Å². The maximum atomic E-state index is 11.4. The van der Waals surface area contributed by atoms with Gasteiger partial charge in [-0.3, -0.25) is 0 Å². The molecule has 21 heavy (non-hydrogen) atoms. The highest BCUT2D eigenvalue weighted by Crippen LogP contribution is 2.33. The highest BCUT2D eigenvalue weighted by molar-refractivity contribution is 9.10. The number of benzene rings is 1. The van der Waals surface area contributed by atoms with E-state index < -0.39 is 10.0 Å². The number of thiophene rings is 1. The molecule has 0 aliphatic carbocycles. The van der Waals surface area contributed by atoms with Gasteiger partial charge in [0.2, 0.25) is 10.0 Å². The van der Waals surface area contributed by atoms with Crippen LogP contribution in [0.15, 0.2) is 33.6 Å². The van der Waals surface area contributed by atoms with E-state index in [-0.39, 0.29) is 4.90 Å². The molecule has 0 spiro atoms. The van der Waals surface area contributed by atoms with Gasteiger partial charge in [0.25, 0.3) is 0 Å². The van der Waals surface area contributed by atoms with Crippen LogP contribution >= 0.6 is 38.9 Å². The van der Waals surface area contributed by atoms with Gasteiger partial charge in [-0.2, -0.15) is 0 Å². The molecule has 0 aliphatic rings. The molecule has 0 aliphatic heterocycles. The lowest BCUT2D eigenvalue weighted by Crippen LogP contribution is -2.12. The van der Waals surface area contributed by atoms with Crippen molar-refractivity contribution in [3.63, 3.8) is 0 Å². The second-order valence-corrected chi connectivity index (χ2v) is 8.25. The van der Waals surface area contributed by atoms with Crippen molar-refractivity contribution in [1.82, 2.24) is 0 Å². The van der Waals surface area contributed by atoms with Crippen LogP contribution in [-0.4, -0.2) is 15.5 Å². The second-order valence-electron chi connectivity index (χ2n) is 4.10. The van der Waals surface area contributed by atoms with Gasteiger partial charge in [0.05, 0.1) is 17.7 Å². The van der Waals surface area contributed by atoms with E-state index in [9.17, 15) is 8.42 Å². The highest BCUT2D eigenvalue weighted by atomic mass is 79.9. The smallest absolute Gasteiger partial charge is 0.238 e. The molecule has 1 aromatic heterocycles. The standard InChI is InChI=1S/C12H12BrClN2O3S2/c1-19-11-3-2-8(21(15,17)18)5-10(11)16-6-7-4-9(13)12(14)20-7/h2-5,16H,6H2,1H3,(H2,15,17,18). The number of anilines is 1. The fraction of sp³-hybridized carbons (Fsp3) is 0.167. The van der Waals surface area contributed by atoms with Crippen LogP contribution in [0.1, 0.15) is 4.88 Å². The molecule has 5 nitrogen and oxygen atoms in total. The molecule has 1 aromatic carbocycles. The largest absolute Gasteiger partial charge is 0.495 e. The van der Waals surface area contributed by atoms with Gasteiger partial charge in [-0.1, -0.05) is 11.6 Å². The molecule has 9 heteroatoms. The first-order chi connectivity index (χ1) is 9.81. The minimum atomic E-state index is -3.76. The average Bonchev–Trinajstić information content (AvgIpc) is 2.74. The third-order valence-corrected chi connectivity index (χ3v) is 6.03. The average molecular weight is 412 g/mol. The number of hydrogen-bond donors (Lipinski definition) is 2. The molecule has 1 heterocycles. The lowest BCUT2D eigenvalue weighted by atomic mass is 10.3. The number of rotatable bonds is 5. The van der Waals surface area contributed by atoms with Gasteiger partial charge in [0.1, 0.15) is 10.1 Å². The summed E-state index contributed by atoms with van der Waals surface area (Å²) in [6.45, 7) is 0.487. The van der Waals surface area contributed by atoms with Crippen LogP contribution in [0.5, 0.6) is 5.75 Å². The normalized spacial score (nSPS) is 11.4. The summed E-state index contributed by atoms with van der Waals surface area (Å²) in [7, 11) is -2.25. The third-order valence-electron chi connectivity index (χ3n) is 2.65. The van der Waals surface area contributed by atoms with E-state index in [0.29, 0.717) is 22.3 Å². The molecule has 0 atom stereocenters. The topological polar surface area (TPSA) is 81.4 Å². The summed E-state index contributed by atoms with van der Waals surface area (Å²) in [5, 5.41) is 8.25. The molecule has 114 valence electrons. The third kappa shape index (κ3) is 4.10. The molecule has 2 rings (SSSR count). The number of ether oxygens (including phenoxy) is 1. The van der Waals surface area contributed by atoms with Crippen molar-refractivity contribution >= 4 is 54.6 Å². The first-order valence-corrected chi connectivity index (χ1v) is 9.23. The zero-order valence-corrected chi connectivity index (χ0v) is 14.9. The van der Waals surface area contributed by atoms with Gasteiger partial charge in [-0.25, -0.2) is 13.6 Å². The van der Waals surface area contributed by atoms with Crippen molar-refractivity contribution in [1.29, 1.82) is 0 Å². The zero-order chi connectivity index (χ0) is 15.6. The van der Waals surface area contributed by atoms with Crippen LogP contribution in [0.4, 0.5) is 5.69 Å². The molecule has 0 saturated carbocycles. The summed E-state index contributed by atoms with van der Waals surface area (Å²) in [5.41, 5.74) is 0.546. The second kappa shape index (κ2) is 6.53. The molecular weight excluding hydrogens is 400 g/mol. The Balaban J connectivity index is 2.25. The molecule has 2 aromatic rings. The summed E-state index contributed by atoms with van der Waals surface area (Å²) < 4.78 is 29.5. The van der Waals surface area contributed by atoms with E-state index in [2.05, 4.69) is 21.2 Å². The Morgan fingerprint density at radius 2 is 2.14 bits per heavy atom. The van der Waals surface area contributed by atoms with Crippen molar-refractivity contribution in [2.45, 2.75) is 11.4 Å². The number of primary sulfonamides is 1. The summed E-state index contributed by atoms with van der Waals surface area (Å²) >= 11 is 10.7. The molecular formula is C12H12BrClN2O3S2. The Morgan fingerprint density at radius 3 is 2.67 bits per heavy atom. The molecule has 0 amide bonds. The van der Waals surface area contributed by atoms with Crippen LogP contribution in [0.25, 0.3) is 0 Å². The first kappa shape index (κ1) is 16.6. The maximum absolute atomic E-state index is 11.4. The van der Waals surface area contributed by atoms with Gasteiger partial charge in [0, 0.05) is 15.9 Å². The highest BCUT2D eigenvalue weighted by Gasteiger charge is 2.12. The number of sulfonamides is 1. The Morgan fingerprint density at radius 1 is 1.43 bits per heavy atom. The fourth-order valence-electron chi connectivity index (χ4n) is 1.66. The SMILES string of the molecule is COc1ccc(S(N)(=O)=O)cc1NCc1cc(Br)c(Cl)s1. The van der Waals surface area contributed by atoms with Crippen molar-refractivity contribution in [2.75, 3.05) is 12.4 Å². The van der Waals surface area contributed by atoms with Gasteiger partial charge in [-0.15, -0.1) is 11.3 Å². The predicted octanol–water partition coefficient (Wildman–Crippen LogP) is 3.43. The Kier molecular flexibility index (Phi) is 5.15. The number of hydrogen-bond acceptors (Lipinski definition) is 5. The van der Waals surface area contributed by atoms with Crippen LogP contribution in [0.2, 0.25) is 4.34 Å². The molecule has 0 bridgehead atoms. The van der Waals surface area contributed by atoms with Crippen LogP contribution in [0.3, 0.4) is 0 Å². The van der Waals surface area contributed by atoms with E-state index in [1.807, 2.05) is 6.07 Å². The first-order valence-electron chi connectivity index (χ1n) is 5.69. The Bertz CT molecular complexity index is 742. The molecule has 0 unspecified atom stereocenters. The number of halogens is 2. The van der Waals surface area contributed by atoms with Crippen molar-refractivity contribution < 1.29 is 13.2 Å². The van der Waals surface area contributed by atoms with Gasteiger partial charge in [-0.05, 0) is 40.2 Å². The van der Waals surface area contributed by atoms with Gasteiger partial charge >= 0.3 is 0 Å². The molecule has 0 radical (unpaired) electrons. The number of nitrogens with two attached hydrogens (primary N) is 1. The zero-order valence-electron chi connectivity index (χ0n) is 10.9. The van der Waals surface area contributed by atoms with Gasteiger partial charge < -0.3 is 10.1 Å². The molecule has 3 N–H and O–H groups in total. The predicted molar refractivity (Wildman–Crippen MR) is 88.7 cm³/mol.